The first-order valence-electron chi connectivity index (χ1n) is 10.1. The minimum atomic E-state index is -3.42. The van der Waals surface area contributed by atoms with Crippen LogP contribution in [0.2, 0.25) is 0 Å². The largest absolute Gasteiger partial charge is 0.284 e. The minimum absolute atomic E-state index is 0.121. The molecule has 32 heavy (non-hydrogen) atoms. The van der Waals surface area contributed by atoms with E-state index in [2.05, 4.69) is 0 Å². The minimum Gasteiger partial charge on any atom is -0.284 e. The highest BCUT2D eigenvalue weighted by atomic mass is 32.2. The van der Waals surface area contributed by atoms with Gasteiger partial charge in [-0.2, -0.15) is 0 Å². The first-order valence-corrected chi connectivity index (χ1v) is 12.9. The van der Waals surface area contributed by atoms with Gasteiger partial charge in [0.05, 0.1) is 10.6 Å². The molecule has 162 valence electrons. The lowest BCUT2D eigenvalue weighted by molar-refractivity contribution is 0.0987. The number of sulfone groups is 1. The Hall–Kier alpha value is -3.29. The quantitative estimate of drug-likeness (QED) is 0.383. The van der Waals surface area contributed by atoms with Crippen molar-refractivity contribution in [2.24, 2.45) is 0 Å². The SMILES string of the molecule is CS(=O)(=O)c1cccc(C(=O)N(CCc2ccccc2)c2nc(-c3ccccc3)cs2)c1. The number of anilines is 1. The third kappa shape index (κ3) is 5.12. The molecule has 0 atom stereocenters. The first kappa shape index (κ1) is 21.9. The molecule has 4 aromatic rings. The predicted octanol–water partition coefficient (Wildman–Crippen LogP) is 5.10. The molecular weight excluding hydrogens is 440 g/mol. The molecule has 0 fully saturated rings. The number of amides is 1. The second-order valence-corrected chi connectivity index (χ2v) is 10.2. The molecule has 0 saturated heterocycles. The predicted molar refractivity (Wildman–Crippen MR) is 129 cm³/mol. The van der Waals surface area contributed by atoms with Crippen LogP contribution >= 0.6 is 11.3 Å². The number of rotatable bonds is 7. The summed E-state index contributed by atoms with van der Waals surface area (Å²) in [4.78, 5) is 20.0. The summed E-state index contributed by atoms with van der Waals surface area (Å²) in [6.07, 6.45) is 1.79. The lowest BCUT2D eigenvalue weighted by atomic mass is 10.1. The second-order valence-electron chi connectivity index (χ2n) is 7.37. The van der Waals surface area contributed by atoms with E-state index >= 15 is 0 Å². The van der Waals surface area contributed by atoms with Crippen LogP contribution in [0, 0.1) is 0 Å². The fraction of sp³-hybridized carbons (Fsp3) is 0.120. The number of carbonyl (C=O) groups excluding carboxylic acids is 1. The van der Waals surface area contributed by atoms with Crippen molar-refractivity contribution < 1.29 is 13.2 Å². The van der Waals surface area contributed by atoms with Crippen molar-refractivity contribution in [1.82, 2.24) is 4.98 Å². The van der Waals surface area contributed by atoms with E-state index in [1.807, 2.05) is 66.0 Å². The highest BCUT2D eigenvalue weighted by molar-refractivity contribution is 7.90. The number of hydrogen-bond acceptors (Lipinski definition) is 5. The number of aromatic nitrogens is 1. The molecule has 1 amide bonds. The van der Waals surface area contributed by atoms with Crippen LogP contribution in [-0.4, -0.2) is 32.1 Å². The zero-order chi connectivity index (χ0) is 22.6. The smallest absolute Gasteiger partial charge is 0.260 e. The number of hydrogen-bond donors (Lipinski definition) is 0. The third-order valence-electron chi connectivity index (χ3n) is 5.01. The molecule has 0 radical (unpaired) electrons. The van der Waals surface area contributed by atoms with Crippen LogP contribution in [-0.2, 0) is 16.3 Å². The van der Waals surface area contributed by atoms with Crippen molar-refractivity contribution in [3.05, 3.63) is 101 Å². The Morgan fingerprint density at radius 3 is 2.31 bits per heavy atom. The van der Waals surface area contributed by atoms with Crippen molar-refractivity contribution in [3.63, 3.8) is 0 Å². The Labute approximate surface area is 191 Å². The van der Waals surface area contributed by atoms with E-state index in [-0.39, 0.29) is 10.8 Å². The zero-order valence-corrected chi connectivity index (χ0v) is 19.1. The molecule has 0 saturated carbocycles. The molecule has 1 aromatic heterocycles. The van der Waals surface area contributed by atoms with E-state index in [9.17, 15) is 13.2 Å². The molecule has 0 unspecified atom stereocenters. The molecular formula is C25H22N2O3S2. The number of carbonyl (C=O) groups is 1. The van der Waals surface area contributed by atoms with Gasteiger partial charge in [-0.05, 0) is 30.2 Å². The highest BCUT2D eigenvalue weighted by Crippen LogP contribution is 2.29. The summed E-state index contributed by atoms with van der Waals surface area (Å²) in [6.45, 7) is 0.424. The number of benzene rings is 3. The van der Waals surface area contributed by atoms with Gasteiger partial charge in [0.15, 0.2) is 15.0 Å². The Morgan fingerprint density at radius 2 is 1.62 bits per heavy atom. The fourth-order valence-corrected chi connectivity index (χ4v) is 4.84. The highest BCUT2D eigenvalue weighted by Gasteiger charge is 2.22. The van der Waals surface area contributed by atoms with Crippen molar-refractivity contribution in [1.29, 1.82) is 0 Å². The number of nitrogens with zero attached hydrogens (tertiary/aromatic N) is 2. The van der Waals surface area contributed by atoms with Crippen LogP contribution in [0.25, 0.3) is 11.3 Å². The summed E-state index contributed by atoms with van der Waals surface area (Å²) in [6, 6.07) is 25.9. The van der Waals surface area contributed by atoms with Crippen molar-refractivity contribution in [2.75, 3.05) is 17.7 Å². The summed E-state index contributed by atoms with van der Waals surface area (Å²) in [5.41, 5.74) is 3.20. The molecule has 0 N–H and O–H groups in total. The summed E-state index contributed by atoms with van der Waals surface area (Å²) >= 11 is 1.40. The molecule has 0 spiro atoms. The van der Waals surface area contributed by atoms with Gasteiger partial charge in [-0.3, -0.25) is 9.69 Å². The maximum absolute atomic E-state index is 13.5. The van der Waals surface area contributed by atoms with Crippen molar-refractivity contribution in [3.8, 4) is 11.3 Å². The lowest BCUT2D eigenvalue weighted by Crippen LogP contribution is -2.33. The van der Waals surface area contributed by atoms with Gasteiger partial charge in [0.25, 0.3) is 5.91 Å². The number of thiazole rings is 1. The van der Waals surface area contributed by atoms with Crippen LogP contribution in [0.1, 0.15) is 15.9 Å². The Kier molecular flexibility index (Phi) is 6.48. The Bertz CT molecular complexity index is 1320. The van der Waals surface area contributed by atoms with Crippen molar-refractivity contribution >= 4 is 32.2 Å². The molecule has 5 nitrogen and oxygen atoms in total. The van der Waals surface area contributed by atoms with Crippen molar-refractivity contribution in [2.45, 2.75) is 11.3 Å². The zero-order valence-electron chi connectivity index (χ0n) is 17.5. The molecule has 3 aromatic carbocycles. The standard InChI is InChI=1S/C25H22N2O3S2/c1-32(29,30)22-14-8-13-21(17-22)24(28)27(16-15-19-9-4-2-5-10-19)25-26-23(18-31-25)20-11-6-3-7-12-20/h2-14,17-18H,15-16H2,1H3. The van der Waals surface area contributed by atoms with Gasteiger partial charge in [-0.15, -0.1) is 11.3 Å². The van der Waals surface area contributed by atoms with Gasteiger partial charge in [-0.25, -0.2) is 13.4 Å². The molecule has 0 aliphatic carbocycles. The van der Waals surface area contributed by atoms with E-state index < -0.39 is 9.84 Å². The van der Waals surface area contributed by atoms with Crippen LogP contribution in [0.5, 0.6) is 0 Å². The summed E-state index contributed by atoms with van der Waals surface area (Å²) in [5.74, 6) is -0.277. The normalized spacial score (nSPS) is 11.3. The van der Waals surface area contributed by atoms with Gasteiger partial charge >= 0.3 is 0 Å². The summed E-state index contributed by atoms with van der Waals surface area (Å²) in [5, 5.41) is 2.51. The monoisotopic (exact) mass is 462 g/mol. The second kappa shape index (κ2) is 9.46. The molecule has 7 heteroatoms. The van der Waals surface area contributed by atoms with E-state index in [0.717, 1.165) is 23.1 Å². The fourth-order valence-electron chi connectivity index (χ4n) is 3.31. The maximum Gasteiger partial charge on any atom is 0.260 e. The maximum atomic E-state index is 13.5. The average Bonchev–Trinajstić information content (AvgIpc) is 3.30. The molecule has 0 aliphatic heterocycles. The van der Waals surface area contributed by atoms with Gasteiger partial charge in [-0.1, -0.05) is 66.7 Å². The van der Waals surface area contributed by atoms with E-state index in [1.165, 1.54) is 23.5 Å². The van der Waals surface area contributed by atoms with Crippen LogP contribution < -0.4 is 4.90 Å². The van der Waals surface area contributed by atoms with E-state index in [4.69, 9.17) is 4.98 Å². The van der Waals surface area contributed by atoms with Crippen LogP contribution in [0.4, 0.5) is 5.13 Å². The Balaban J connectivity index is 1.68. The molecule has 4 rings (SSSR count). The van der Waals surface area contributed by atoms with Crippen LogP contribution in [0.3, 0.4) is 0 Å². The van der Waals surface area contributed by atoms with Gasteiger partial charge in [0.2, 0.25) is 0 Å². The molecule has 0 bridgehead atoms. The average molecular weight is 463 g/mol. The van der Waals surface area contributed by atoms with Gasteiger partial charge in [0.1, 0.15) is 0 Å². The third-order valence-corrected chi connectivity index (χ3v) is 6.99. The first-order chi connectivity index (χ1) is 15.4. The van der Waals surface area contributed by atoms with Crippen LogP contribution in [0.15, 0.2) is 95.2 Å². The summed E-state index contributed by atoms with van der Waals surface area (Å²) in [7, 11) is -3.42. The summed E-state index contributed by atoms with van der Waals surface area (Å²) < 4.78 is 24.0. The van der Waals surface area contributed by atoms with E-state index in [1.54, 1.807) is 17.0 Å². The lowest BCUT2D eigenvalue weighted by Gasteiger charge is -2.20. The van der Waals surface area contributed by atoms with Gasteiger partial charge < -0.3 is 0 Å². The van der Waals surface area contributed by atoms with E-state index in [0.29, 0.717) is 23.7 Å². The topological polar surface area (TPSA) is 67.3 Å². The molecule has 0 aliphatic rings. The van der Waals surface area contributed by atoms with Gasteiger partial charge in [0, 0.05) is 29.3 Å². The Morgan fingerprint density at radius 1 is 0.938 bits per heavy atom. The molecule has 1 heterocycles.